The van der Waals surface area contributed by atoms with Gasteiger partial charge in [-0.25, -0.2) is 9.38 Å². The van der Waals surface area contributed by atoms with Crippen molar-refractivity contribution in [3.05, 3.63) is 81.9 Å². The van der Waals surface area contributed by atoms with Crippen molar-refractivity contribution < 1.29 is 9.84 Å². The molecular weight excluding hydrogens is 587 g/mol. The van der Waals surface area contributed by atoms with E-state index in [1.54, 1.807) is 6.33 Å². The zero-order valence-electron chi connectivity index (χ0n) is 24.1. The molecule has 5 heterocycles. The minimum absolute atomic E-state index is 0.0241. The number of aryl methyl sites for hydroxylation is 1. The number of hydrogen-bond donors (Lipinski definition) is 1. The molecule has 2 fully saturated rings. The fourth-order valence-electron chi connectivity index (χ4n) is 6.66. The lowest BCUT2D eigenvalue weighted by atomic mass is 9.93. The Morgan fingerprint density at radius 1 is 1.00 bits per heavy atom. The summed E-state index contributed by atoms with van der Waals surface area (Å²) >= 11 is 12.5. The van der Waals surface area contributed by atoms with Gasteiger partial charge in [-0.1, -0.05) is 47.5 Å². The third-order valence-electron chi connectivity index (χ3n) is 8.79. The molecule has 0 unspecified atom stereocenters. The first-order chi connectivity index (χ1) is 20.9. The molecule has 2 aliphatic rings. The molecule has 0 amide bonds. The van der Waals surface area contributed by atoms with Crippen LogP contribution in [0.2, 0.25) is 10.0 Å². The van der Waals surface area contributed by atoms with Crippen LogP contribution in [-0.4, -0.2) is 83.6 Å². The number of rotatable bonds is 7. The van der Waals surface area contributed by atoms with Crippen LogP contribution in [0, 0.1) is 6.92 Å². The summed E-state index contributed by atoms with van der Waals surface area (Å²) in [6.45, 7) is 6.93. The van der Waals surface area contributed by atoms with E-state index < -0.39 is 0 Å². The summed E-state index contributed by atoms with van der Waals surface area (Å²) in [4.78, 5) is 14.7. The second-order valence-electron chi connectivity index (χ2n) is 11.6. The molecular formula is C31H34Cl2N8O2. The summed E-state index contributed by atoms with van der Waals surface area (Å²) in [7, 11) is 0. The van der Waals surface area contributed by atoms with E-state index in [0.717, 1.165) is 53.4 Å². The van der Waals surface area contributed by atoms with Crippen molar-refractivity contribution in [2.45, 2.75) is 57.5 Å². The fraction of sp³-hybridized carbons (Fsp3) is 0.419. The largest absolute Gasteiger partial charge is 0.395 e. The number of aliphatic hydroxyl groups is 1. The zero-order valence-corrected chi connectivity index (χ0v) is 25.7. The van der Waals surface area contributed by atoms with Crippen LogP contribution in [0.15, 0.2) is 54.9 Å². The second kappa shape index (κ2) is 11.7. The quantitative estimate of drug-likeness (QED) is 0.274. The lowest BCUT2D eigenvalue weighted by Crippen LogP contribution is -2.60. The Morgan fingerprint density at radius 3 is 2.33 bits per heavy atom. The molecule has 2 saturated heterocycles. The molecule has 2 aliphatic heterocycles. The van der Waals surface area contributed by atoms with Crippen LogP contribution in [0.1, 0.15) is 42.8 Å². The Labute approximate surface area is 259 Å². The van der Waals surface area contributed by atoms with Crippen molar-refractivity contribution in [1.82, 2.24) is 34.0 Å². The Kier molecular flexibility index (Phi) is 7.73. The Morgan fingerprint density at radius 2 is 1.70 bits per heavy atom. The lowest BCUT2D eigenvalue weighted by Gasteiger charge is -2.48. The number of piperazine rings is 1. The summed E-state index contributed by atoms with van der Waals surface area (Å²) in [5, 5.41) is 20.7. The smallest absolute Gasteiger partial charge is 0.258 e. The topological polar surface area (TPSA) is 96.8 Å². The van der Waals surface area contributed by atoms with E-state index in [2.05, 4.69) is 55.8 Å². The molecule has 0 bridgehead atoms. The van der Waals surface area contributed by atoms with E-state index >= 15 is 0 Å². The molecule has 7 rings (SSSR count). The van der Waals surface area contributed by atoms with Crippen molar-refractivity contribution in [2.75, 3.05) is 31.2 Å². The number of hydrogen-bond acceptors (Lipinski definition) is 8. The van der Waals surface area contributed by atoms with Crippen LogP contribution in [0.4, 0.5) is 5.82 Å². The summed E-state index contributed by atoms with van der Waals surface area (Å²) in [6.07, 6.45) is 3.95. The summed E-state index contributed by atoms with van der Waals surface area (Å²) in [6, 6.07) is 15.6. The van der Waals surface area contributed by atoms with Crippen LogP contribution in [0.3, 0.4) is 0 Å². The van der Waals surface area contributed by atoms with Crippen molar-refractivity contribution >= 4 is 46.0 Å². The van der Waals surface area contributed by atoms with Gasteiger partial charge in [0, 0.05) is 35.8 Å². The molecule has 0 spiro atoms. The highest BCUT2D eigenvalue weighted by Gasteiger charge is 2.38. The van der Waals surface area contributed by atoms with Gasteiger partial charge in [0.2, 0.25) is 0 Å². The van der Waals surface area contributed by atoms with Gasteiger partial charge in [-0.2, -0.15) is 4.98 Å². The third-order valence-corrected chi connectivity index (χ3v) is 9.29. The molecule has 0 radical (unpaired) electrons. The third kappa shape index (κ3) is 5.25. The highest BCUT2D eigenvalue weighted by Crippen LogP contribution is 2.37. The van der Waals surface area contributed by atoms with Gasteiger partial charge >= 0.3 is 0 Å². The van der Waals surface area contributed by atoms with Crippen LogP contribution in [0.5, 0.6) is 0 Å². The number of ether oxygens (including phenoxy) is 1. The number of fused-ring (bicyclic) bond motifs is 3. The van der Waals surface area contributed by atoms with E-state index in [9.17, 15) is 5.11 Å². The molecule has 1 N–H and O–H groups in total. The number of nitrogens with zero attached hydrogens (tertiary/aromatic N) is 8. The SMILES string of the molecule is Cc1nc2c(N3C[C@@H](CO)N(C(c4ccc(Cl)cc4)c4ccc(Cl)cc4)C[C@@H]3C)nc3nncn3c2n1C[C@@H]1CCCO1. The molecule has 224 valence electrons. The molecule has 0 aliphatic carbocycles. The number of imidazole rings is 1. The Hall–Kier alpha value is -3.28. The number of aromatic nitrogens is 6. The maximum absolute atomic E-state index is 10.8. The zero-order chi connectivity index (χ0) is 29.7. The number of anilines is 1. The minimum atomic E-state index is -0.187. The average Bonchev–Trinajstić information content (AvgIpc) is 3.76. The Bertz CT molecular complexity index is 1690. The molecule has 3 aromatic heterocycles. The predicted octanol–water partition coefficient (Wildman–Crippen LogP) is 4.93. The van der Waals surface area contributed by atoms with Gasteiger partial charge in [0.25, 0.3) is 5.78 Å². The van der Waals surface area contributed by atoms with Crippen LogP contribution in [-0.2, 0) is 11.3 Å². The second-order valence-corrected chi connectivity index (χ2v) is 12.4. The van der Waals surface area contributed by atoms with Crippen molar-refractivity contribution in [3.8, 4) is 0 Å². The van der Waals surface area contributed by atoms with Gasteiger partial charge in [0.15, 0.2) is 11.5 Å². The maximum Gasteiger partial charge on any atom is 0.258 e. The lowest BCUT2D eigenvalue weighted by molar-refractivity contribution is 0.0725. The molecule has 12 heteroatoms. The molecule has 10 nitrogen and oxygen atoms in total. The van der Waals surface area contributed by atoms with Gasteiger partial charge < -0.3 is 19.3 Å². The molecule has 43 heavy (non-hydrogen) atoms. The average molecular weight is 622 g/mol. The maximum atomic E-state index is 10.8. The standard InChI is InChI=1S/C31H34Cl2N8O2/c1-19-14-40(28(21-5-9-23(32)10-6-21)22-7-11-24(33)12-8-22)25(17-42)15-38(19)29-27-30(41-18-34-37-31(41)36-29)39(20(2)35-27)16-26-4-3-13-43-26/h5-12,18-19,25-26,28,42H,3-4,13-17H2,1-2H3/t19-,25-,26-/m0/s1. The summed E-state index contributed by atoms with van der Waals surface area (Å²) < 4.78 is 10.1. The van der Waals surface area contributed by atoms with Gasteiger partial charge in [-0.3, -0.25) is 4.90 Å². The first-order valence-corrected chi connectivity index (χ1v) is 15.5. The van der Waals surface area contributed by atoms with Crippen LogP contribution < -0.4 is 4.90 Å². The first-order valence-electron chi connectivity index (χ1n) is 14.7. The van der Waals surface area contributed by atoms with Crippen molar-refractivity contribution in [3.63, 3.8) is 0 Å². The van der Waals surface area contributed by atoms with Crippen LogP contribution in [0.25, 0.3) is 16.9 Å². The molecule has 5 aromatic rings. The fourth-order valence-corrected chi connectivity index (χ4v) is 6.92. The van der Waals surface area contributed by atoms with E-state index in [0.29, 0.717) is 35.5 Å². The first kappa shape index (κ1) is 28.5. The molecule has 3 atom stereocenters. The number of halogens is 2. The molecule has 2 aromatic carbocycles. The van der Waals surface area contributed by atoms with Gasteiger partial charge in [0.05, 0.1) is 31.3 Å². The summed E-state index contributed by atoms with van der Waals surface area (Å²) in [5.74, 6) is 2.17. The predicted molar refractivity (Wildman–Crippen MR) is 167 cm³/mol. The molecule has 0 saturated carbocycles. The van der Waals surface area contributed by atoms with Crippen LogP contribution >= 0.6 is 23.2 Å². The van der Waals surface area contributed by atoms with Gasteiger partial charge in [-0.15, -0.1) is 10.2 Å². The monoisotopic (exact) mass is 620 g/mol. The van der Waals surface area contributed by atoms with E-state index in [1.165, 1.54) is 0 Å². The highest BCUT2D eigenvalue weighted by molar-refractivity contribution is 6.30. The van der Waals surface area contributed by atoms with Gasteiger partial charge in [-0.05, 0) is 62.1 Å². The normalized spacial score (nSPS) is 21.5. The van der Waals surface area contributed by atoms with Crippen molar-refractivity contribution in [2.24, 2.45) is 0 Å². The number of benzene rings is 2. The van der Waals surface area contributed by atoms with E-state index in [-0.39, 0.29) is 30.8 Å². The van der Waals surface area contributed by atoms with E-state index in [1.807, 2.05) is 35.6 Å². The Balaban J connectivity index is 1.28. The summed E-state index contributed by atoms with van der Waals surface area (Å²) in [5.41, 5.74) is 3.90. The highest BCUT2D eigenvalue weighted by atomic mass is 35.5. The van der Waals surface area contributed by atoms with Gasteiger partial charge in [0.1, 0.15) is 17.7 Å². The van der Waals surface area contributed by atoms with Crippen molar-refractivity contribution in [1.29, 1.82) is 0 Å². The van der Waals surface area contributed by atoms with E-state index in [4.69, 9.17) is 37.9 Å². The number of aliphatic hydroxyl groups excluding tert-OH is 1. The minimum Gasteiger partial charge on any atom is -0.395 e.